The lowest BCUT2D eigenvalue weighted by Crippen LogP contribution is -2.46. The molecule has 0 saturated carbocycles. The predicted molar refractivity (Wildman–Crippen MR) is 126 cm³/mol. The summed E-state index contributed by atoms with van der Waals surface area (Å²) in [6.45, 7) is 3.29. The first kappa shape index (κ1) is 24.6. The smallest absolute Gasteiger partial charge is 0.293 e. The first-order valence-electron chi connectivity index (χ1n) is 10.6. The molecule has 0 spiro atoms. The zero-order chi connectivity index (χ0) is 23.3. The number of hydrogen-bond donors (Lipinski definition) is 1. The summed E-state index contributed by atoms with van der Waals surface area (Å²) in [4.78, 5) is 52.7. The Morgan fingerprint density at radius 1 is 1.28 bits per heavy atom. The second-order valence-corrected chi connectivity index (χ2v) is 9.56. The normalized spacial score (nSPS) is 20.2. The lowest BCUT2D eigenvalue weighted by Gasteiger charge is -2.32. The van der Waals surface area contributed by atoms with E-state index in [2.05, 4.69) is 5.32 Å². The van der Waals surface area contributed by atoms with Gasteiger partial charge in [-0.2, -0.15) is 0 Å². The Labute approximate surface area is 201 Å². The van der Waals surface area contributed by atoms with Crippen LogP contribution >= 0.6 is 35.0 Å². The molecule has 1 N–H and O–H groups in total. The maximum Gasteiger partial charge on any atom is 0.293 e. The molecule has 1 unspecified atom stereocenters. The van der Waals surface area contributed by atoms with Gasteiger partial charge in [0.25, 0.3) is 11.1 Å². The number of nitrogens with one attached hydrogen (secondary N) is 1. The first-order valence-corrected chi connectivity index (χ1v) is 12.1. The minimum absolute atomic E-state index is 0.0767. The van der Waals surface area contributed by atoms with E-state index in [0.717, 1.165) is 29.5 Å². The standard InChI is InChI=1S/C22H25Cl2N3O4S/c1-2-4-19(28)26-9-3-5-15(13-26)20(29)25-8-10-27-21(30)18(32-22(27)31)11-14-6-7-16(23)12-17(14)24/h6-7,11-12,15H,2-5,8-10,13H2,1H3,(H,25,29). The number of likely N-dealkylation sites (tertiary alicyclic amines) is 1. The number of thioether (sulfide) groups is 1. The van der Waals surface area contributed by atoms with E-state index in [0.29, 0.717) is 41.5 Å². The molecule has 3 rings (SSSR count). The molecule has 1 aromatic rings. The van der Waals surface area contributed by atoms with E-state index < -0.39 is 11.1 Å². The van der Waals surface area contributed by atoms with Crippen molar-refractivity contribution in [2.24, 2.45) is 5.92 Å². The van der Waals surface area contributed by atoms with Gasteiger partial charge in [-0.25, -0.2) is 0 Å². The molecular formula is C22H25Cl2N3O4S. The molecule has 2 aliphatic heterocycles. The SMILES string of the molecule is CCCC(=O)N1CCCC(C(=O)NCCN2C(=O)SC(=Cc3ccc(Cl)cc3Cl)C2=O)C1. The minimum Gasteiger partial charge on any atom is -0.354 e. The molecular weight excluding hydrogens is 473 g/mol. The van der Waals surface area contributed by atoms with E-state index >= 15 is 0 Å². The Morgan fingerprint density at radius 2 is 2.06 bits per heavy atom. The van der Waals surface area contributed by atoms with Crippen LogP contribution in [0.15, 0.2) is 23.1 Å². The van der Waals surface area contributed by atoms with Crippen molar-refractivity contribution in [1.82, 2.24) is 15.1 Å². The van der Waals surface area contributed by atoms with Crippen LogP contribution in [0.1, 0.15) is 38.2 Å². The van der Waals surface area contributed by atoms with Crippen LogP contribution < -0.4 is 5.32 Å². The Morgan fingerprint density at radius 3 is 2.78 bits per heavy atom. The number of hydrogen-bond acceptors (Lipinski definition) is 5. The van der Waals surface area contributed by atoms with Crippen LogP contribution in [0.4, 0.5) is 4.79 Å². The Balaban J connectivity index is 1.53. The summed E-state index contributed by atoms with van der Waals surface area (Å²) in [7, 11) is 0. The van der Waals surface area contributed by atoms with Crippen LogP contribution in [-0.2, 0) is 14.4 Å². The fourth-order valence-corrected chi connectivity index (χ4v) is 5.00. The lowest BCUT2D eigenvalue weighted by molar-refractivity contribution is -0.136. The van der Waals surface area contributed by atoms with Crippen LogP contribution in [0.5, 0.6) is 0 Å². The summed E-state index contributed by atoms with van der Waals surface area (Å²) < 4.78 is 0. The zero-order valence-electron chi connectivity index (χ0n) is 17.7. The fraction of sp³-hybridized carbons (Fsp3) is 0.455. The van der Waals surface area contributed by atoms with Gasteiger partial charge in [0.1, 0.15) is 0 Å². The number of carbonyl (C=O) groups excluding carboxylic acids is 4. The summed E-state index contributed by atoms with van der Waals surface area (Å²) in [5, 5.41) is 3.27. The highest BCUT2D eigenvalue weighted by Crippen LogP contribution is 2.33. The third kappa shape index (κ3) is 6.05. The second-order valence-electron chi connectivity index (χ2n) is 7.72. The minimum atomic E-state index is -0.422. The summed E-state index contributed by atoms with van der Waals surface area (Å²) in [5.74, 6) is -0.773. The van der Waals surface area contributed by atoms with Crippen molar-refractivity contribution in [2.45, 2.75) is 32.6 Å². The molecule has 4 amide bonds. The molecule has 0 aliphatic carbocycles. The largest absolute Gasteiger partial charge is 0.354 e. The van der Waals surface area contributed by atoms with Gasteiger partial charge in [-0.3, -0.25) is 24.1 Å². The van der Waals surface area contributed by atoms with Crippen molar-refractivity contribution < 1.29 is 19.2 Å². The van der Waals surface area contributed by atoms with Gasteiger partial charge >= 0.3 is 0 Å². The van der Waals surface area contributed by atoms with Gasteiger partial charge in [0.05, 0.1) is 10.8 Å². The summed E-state index contributed by atoms with van der Waals surface area (Å²) in [6.07, 6.45) is 4.33. The second kappa shape index (κ2) is 11.2. The number of halogens is 2. The van der Waals surface area contributed by atoms with Crippen molar-refractivity contribution in [3.05, 3.63) is 38.7 Å². The van der Waals surface area contributed by atoms with E-state index in [1.165, 1.54) is 0 Å². The van der Waals surface area contributed by atoms with E-state index in [9.17, 15) is 19.2 Å². The third-order valence-electron chi connectivity index (χ3n) is 5.37. The van der Waals surface area contributed by atoms with Crippen LogP contribution in [-0.4, -0.2) is 58.9 Å². The number of imide groups is 1. The van der Waals surface area contributed by atoms with E-state index in [1.54, 1.807) is 29.2 Å². The predicted octanol–water partition coefficient (Wildman–Crippen LogP) is 4.18. The molecule has 10 heteroatoms. The molecule has 0 aromatic heterocycles. The quantitative estimate of drug-likeness (QED) is 0.570. The monoisotopic (exact) mass is 497 g/mol. The molecule has 1 aromatic carbocycles. The van der Waals surface area contributed by atoms with E-state index in [4.69, 9.17) is 23.2 Å². The van der Waals surface area contributed by atoms with Crippen molar-refractivity contribution >= 4 is 64.0 Å². The molecule has 32 heavy (non-hydrogen) atoms. The maximum absolute atomic E-state index is 12.6. The maximum atomic E-state index is 12.6. The van der Waals surface area contributed by atoms with Crippen molar-refractivity contribution in [3.63, 3.8) is 0 Å². The van der Waals surface area contributed by atoms with Crippen LogP contribution in [0.2, 0.25) is 10.0 Å². The van der Waals surface area contributed by atoms with Gasteiger partial charge in [0, 0.05) is 42.6 Å². The lowest BCUT2D eigenvalue weighted by atomic mass is 9.96. The average Bonchev–Trinajstić information content (AvgIpc) is 3.03. The molecule has 0 radical (unpaired) electrons. The number of rotatable bonds is 7. The molecule has 2 fully saturated rings. The molecule has 2 saturated heterocycles. The highest BCUT2D eigenvalue weighted by atomic mass is 35.5. The fourth-order valence-electron chi connectivity index (χ4n) is 3.68. The van der Waals surface area contributed by atoms with Crippen molar-refractivity contribution in [2.75, 3.05) is 26.2 Å². The molecule has 0 bridgehead atoms. The van der Waals surface area contributed by atoms with Gasteiger partial charge in [-0.15, -0.1) is 0 Å². The molecule has 2 heterocycles. The number of amides is 4. The summed E-state index contributed by atoms with van der Waals surface area (Å²) in [6, 6.07) is 4.90. The highest BCUT2D eigenvalue weighted by molar-refractivity contribution is 8.18. The molecule has 172 valence electrons. The molecule has 7 nitrogen and oxygen atoms in total. The zero-order valence-corrected chi connectivity index (χ0v) is 20.1. The number of nitrogens with zero attached hydrogens (tertiary/aromatic N) is 2. The highest BCUT2D eigenvalue weighted by Gasteiger charge is 2.35. The Bertz CT molecular complexity index is 953. The van der Waals surface area contributed by atoms with Crippen LogP contribution in [0, 0.1) is 5.92 Å². The molecule has 2 aliphatic rings. The van der Waals surface area contributed by atoms with Gasteiger partial charge in [-0.05, 0) is 54.8 Å². The van der Waals surface area contributed by atoms with Gasteiger partial charge in [0.15, 0.2) is 0 Å². The van der Waals surface area contributed by atoms with Crippen LogP contribution in [0.3, 0.4) is 0 Å². The summed E-state index contributed by atoms with van der Waals surface area (Å²) in [5.41, 5.74) is 0.592. The van der Waals surface area contributed by atoms with Gasteiger partial charge in [0.2, 0.25) is 11.8 Å². The van der Waals surface area contributed by atoms with Crippen molar-refractivity contribution in [1.29, 1.82) is 0 Å². The van der Waals surface area contributed by atoms with Gasteiger partial charge < -0.3 is 10.2 Å². The topological polar surface area (TPSA) is 86.8 Å². The number of piperidine rings is 1. The van der Waals surface area contributed by atoms with Gasteiger partial charge in [-0.1, -0.05) is 36.2 Å². The van der Waals surface area contributed by atoms with Crippen LogP contribution in [0.25, 0.3) is 6.08 Å². The Kier molecular flexibility index (Phi) is 8.62. The third-order valence-corrected chi connectivity index (χ3v) is 6.84. The van der Waals surface area contributed by atoms with E-state index in [1.807, 2.05) is 6.92 Å². The van der Waals surface area contributed by atoms with Crippen molar-refractivity contribution in [3.8, 4) is 0 Å². The summed E-state index contributed by atoms with van der Waals surface area (Å²) >= 11 is 12.9. The number of benzene rings is 1. The molecule has 1 atom stereocenters. The number of carbonyl (C=O) groups is 4. The Hall–Kier alpha value is -2.03. The average molecular weight is 498 g/mol. The van der Waals surface area contributed by atoms with E-state index in [-0.39, 0.29) is 35.7 Å². The first-order chi connectivity index (χ1) is 15.3.